The SMILES string of the molecule is CC(C)c1ncc(C=O)n1Cc1ccccc1. The van der Waals surface area contributed by atoms with Gasteiger partial charge in [0, 0.05) is 12.5 Å². The maximum absolute atomic E-state index is 11.0. The van der Waals surface area contributed by atoms with Crippen molar-refractivity contribution in [2.75, 3.05) is 0 Å². The van der Waals surface area contributed by atoms with E-state index in [2.05, 4.69) is 31.0 Å². The first-order chi connectivity index (χ1) is 8.22. The van der Waals surface area contributed by atoms with Gasteiger partial charge >= 0.3 is 0 Å². The standard InChI is InChI=1S/C14H16N2O/c1-11(2)14-15-8-13(10-17)16(14)9-12-6-4-3-5-7-12/h3-8,10-11H,9H2,1-2H3. The minimum Gasteiger partial charge on any atom is -0.321 e. The van der Waals surface area contributed by atoms with Gasteiger partial charge in [-0.1, -0.05) is 44.2 Å². The first-order valence-electron chi connectivity index (χ1n) is 5.77. The molecule has 2 aromatic rings. The van der Waals surface area contributed by atoms with Crippen LogP contribution in [0.3, 0.4) is 0 Å². The van der Waals surface area contributed by atoms with E-state index in [9.17, 15) is 4.79 Å². The number of carbonyl (C=O) groups is 1. The van der Waals surface area contributed by atoms with Gasteiger partial charge in [-0.15, -0.1) is 0 Å². The Bertz CT molecular complexity index is 500. The van der Waals surface area contributed by atoms with Gasteiger partial charge in [0.25, 0.3) is 0 Å². The second-order valence-corrected chi connectivity index (χ2v) is 4.39. The van der Waals surface area contributed by atoms with Crippen LogP contribution >= 0.6 is 0 Å². The largest absolute Gasteiger partial charge is 0.321 e. The maximum atomic E-state index is 11.0. The van der Waals surface area contributed by atoms with Gasteiger partial charge in [0.15, 0.2) is 6.29 Å². The molecule has 88 valence electrons. The predicted molar refractivity (Wildman–Crippen MR) is 67.2 cm³/mol. The van der Waals surface area contributed by atoms with Crippen molar-refractivity contribution in [1.29, 1.82) is 0 Å². The zero-order valence-electron chi connectivity index (χ0n) is 10.1. The van der Waals surface area contributed by atoms with Crippen LogP contribution in [0.25, 0.3) is 0 Å². The number of aromatic nitrogens is 2. The molecule has 0 amide bonds. The van der Waals surface area contributed by atoms with Gasteiger partial charge in [-0.25, -0.2) is 4.98 Å². The summed E-state index contributed by atoms with van der Waals surface area (Å²) in [6, 6.07) is 10.1. The third kappa shape index (κ3) is 2.44. The van der Waals surface area contributed by atoms with Gasteiger partial charge < -0.3 is 4.57 Å². The Morgan fingerprint density at radius 2 is 2.00 bits per heavy atom. The molecule has 0 radical (unpaired) electrons. The highest BCUT2D eigenvalue weighted by Gasteiger charge is 2.12. The van der Waals surface area contributed by atoms with Crippen molar-refractivity contribution in [3.05, 3.63) is 53.6 Å². The van der Waals surface area contributed by atoms with Crippen molar-refractivity contribution in [3.8, 4) is 0 Å². The summed E-state index contributed by atoms with van der Waals surface area (Å²) in [5.41, 5.74) is 1.81. The van der Waals surface area contributed by atoms with E-state index in [1.807, 2.05) is 22.8 Å². The third-order valence-corrected chi connectivity index (χ3v) is 2.74. The van der Waals surface area contributed by atoms with Crippen LogP contribution in [0.15, 0.2) is 36.5 Å². The summed E-state index contributed by atoms with van der Waals surface area (Å²) < 4.78 is 1.98. The molecule has 0 aliphatic carbocycles. The van der Waals surface area contributed by atoms with Crippen LogP contribution in [-0.2, 0) is 6.54 Å². The van der Waals surface area contributed by atoms with Gasteiger partial charge in [0.05, 0.1) is 6.20 Å². The molecule has 0 bridgehead atoms. The molecular weight excluding hydrogens is 212 g/mol. The van der Waals surface area contributed by atoms with Crippen molar-refractivity contribution in [2.45, 2.75) is 26.3 Å². The highest BCUT2D eigenvalue weighted by Crippen LogP contribution is 2.16. The smallest absolute Gasteiger partial charge is 0.168 e. The number of imidazole rings is 1. The van der Waals surface area contributed by atoms with Gasteiger partial charge in [0.1, 0.15) is 11.5 Å². The van der Waals surface area contributed by atoms with Crippen molar-refractivity contribution < 1.29 is 4.79 Å². The molecule has 0 N–H and O–H groups in total. The molecule has 0 aliphatic heterocycles. The van der Waals surface area contributed by atoms with Crippen LogP contribution in [0.4, 0.5) is 0 Å². The van der Waals surface area contributed by atoms with Crippen LogP contribution in [0, 0.1) is 0 Å². The van der Waals surface area contributed by atoms with E-state index < -0.39 is 0 Å². The summed E-state index contributed by atoms with van der Waals surface area (Å²) >= 11 is 0. The van der Waals surface area contributed by atoms with E-state index in [0.717, 1.165) is 12.1 Å². The number of nitrogens with zero attached hydrogens (tertiary/aromatic N) is 2. The zero-order chi connectivity index (χ0) is 12.3. The van der Waals surface area contributed by atoms with Crippen molar-refractivity contribution in [2.24, 2.45) is 0 Å². The zero-order valence-corrected chi connectivity index (χ0v) is 10.1. The minimum absolute atomic E-state index is 0.312. The summed E-state index contributed by atoms with van der Waals surface area (Å²) in [4.78, 5) is 15.3. The third-order valence-electron chi connectivity index (χ3n) is 2.74. The highest BCUT2D eigenvalue weighted by molar-refractivity contribution is 5.72. The van der Waals surface area contributed by atoms with E-state index in [-0.39, 0.29) is 0 Å². The lowest BCUT2D eigenvalue weighted by atomic mass is 10.2. The molecular formula is C14H16N2O. The molecule has 0 fully saturated rings. The Balaban J connectivity index is 2.36. The Morgan fingerprint density at radius 1 is 1.29 bits per heavy atom. The monoisotopic (exact) mass is 228 g/mol. The molecule has 0 atom stereocenters. The summed E-state index contributed by atoms with van der Waals surface area (Å²) in [6.45, 7) is 4.86. The maximum Gasteiger partial charge on any atom is 0.168 e. The number of benzene rings is 1. The van der Waals surface area contributed by atoms with Gasteiger partial charge in [-0.05, 0) is 5.56 Å². The summed E-state index contributed by atoms with van der Waals surface area (Å²) in [5, 5.41) is 0. The van der Waals surface area contributed by atoms with Crippen LogP contribution in [0.1, 0.15) is 41.6 Å². The topological polar surface area (TPSA) is 34.9 Å². The first-order valence-corrected chi connectivity index (χ1v) is 5.77. The van der Waals surface area contributed by atoms with Crippen LogP contribution in [0.2, 0.25) is 0 Å². The molecule has 1 aromatic heterocycles. The number of aldehydes is 1. The molecule has 0 saturated carbocycles. The number of carbonyl (C=O) groups excluding carboxylic acids is 1. The van der Waals surface area contributed by atoms with E-state index >= 15 is 0 Å². The van der Waals surface area contributed by atoms with E-state index in [4.69, 9.17) is 0 Å². The minimum atomic E-state index is 0.312. The molecule has 0 saturated heterocycles. The van der Waals surface area contributed by atoms with Gasteiger partial charge in [0.2, 0.25) is 0 Å². The fraction of sp³-hybridized carbons (Fsp3) is 0.286. The average molecular weight is 228 g/mol. The number of hydrogen-bond acceptors (Lipinski definition) is 2. The Labute approximate surface area is 101 Å². The molecule has 0 unspecified atom stereocenters. The predicted octanol–water partition coefficient (Wildman–Crippen LogP) is 2.87. The van der Waals surface area contributed by atoms with E-state index in [1.165, 1.54) is 5.56 Å². The van der Waals surface area contributed by atoms with E-state index in [0.29, 0.717) is 18.2 Å². The normalized spacial score (nSPS) is 10.8. The second-order valence-electron chi connectivity index (χ2n) is 4.39. The molecule has 0 aliphatic rings. The fourth-order valence-electron chi connectivity index (χ4n) is 1.90. The lowest BCUT2D eigenvalue weighted by molar-refractivity contribution is 0.111. The molecule has 0 spiro atoms. The van der Waals surface area contributed by atoms with Gasteiger partial charge in [-0.2, -0.15) is 0 Å². The molecule has 1 heterocycles. The van der Waals surface area contributed by atoms with Crippen LogP contribution < -0.4 is 0 Å². The Morgan fingerprint density at radius 3 is 2.59 bits per heavy atom. The van der Waals surface area contributed by atoms with Crippen molar-refractivity contribution >= 4 is 6.29 Å². The van der Waals surface area contributed by atoms with Crippen LogP contribution in [-0.4, -0.2) is 15.8 Å². The lowest BCUT2D eigenvalue weighted by Crippen LogP contribution is -2.09. The summed E-state index contributed by atoms with van der Waals surface area (Å²) in [5.74, 6) is 1.27. The molecule has 2 rings (SSSR count). The Hall–Kier alpha value is -1.90. The van der Waals surface area contributed by atoms with Crippen molar-refractivity contribution in [3.63, 3.8) is 0 Å². The lowest BCUT2D eigenvalue weighted by Gasteiger charge is -2.11. The first kappa shape index (κ1) is 11.6. The highest BCUT2D eigenvalue weighted by atomic mass is 16.1. The Kier molecular flexibility index (Phi) is 3.38. The van der Waals surface area contributed by atoms with Crippen LogP contribution in [0.5, 0.6) is 0 Å². The number of rotatable bonds is 4. The molecule has 1 aromatic carbocycles. The quantitative estimate of drug-likeness (QED) is 0.754. The molecule has 3 nitrogen and oxygen atoms in total. The number of hydrogen-bond donors (Lipinski definition) is 0. The molecule has 17 heavy (non-hydrogen) atoms. The second kappa shape index (κ2) is 4.95. The average Bonchev–Trinajstić information content (AvgIpc) is 2.73. The molecule has 3 heteroatoms. The van der Waals surface area contributed by atoms with Crippen molar-refractivity contribution in [1.82, 2.24) is 9.55 Å². The summed E-state index contributed by atoms with van der Waals surface area (Å²) in [6.07, 6.45) is 2.51. The van der Waals surface area contributed by atoms with E-state index in [1.54, 1.807) is 6.20 Å². The fourth-order valence-corrected chi connectivity index (χ4v) is 1.90. The van der Waals surface area contributed by atoms with Gasteiger partial charge in [-0.3, -0.25) is 4.79 Å². The summed E-state index contributed by atoms with van der Waals surface area (Å²) in [7, 11) is 0.